The number of rotatable bonds is 4. The van der Waals surface area contributed by atoms with Crippen LogP contribution in [0, 0.1) is 6.92 Å². The van der Waals surface area contributed by atoms with E-state index in [2.05, 4.69) is 15.5 Å². The number of amides is 2. The molecule has 0 bridgehead atoms. The summed E-state index contributed by atoms with van der Waals surface area (Å²) in [4.78, 5) is 22.5. The van der Waals surface area contributed by atoms with Gasteiger partial charge in [0.2, 0.25) is 11.8 Å². The van der Waals surface area contributed by atoms with Gasteiger partial charge in [0.15, 0.2) is 5.16 Å². The fourth-order valence-corrected chi connectivity index (χ4v) is 2.68. The molecule has 7 nitrogen and oxygen atoms in total. The first-order valence-electron chi connectivity index (χ1n) is 5.22. The van der Waals surface area contributed by atoms with Gasteiger partial charge in [0, 0.05) is 19.5 Å². The number of carbonyl (C=O) groups is 2. The third-order valence-electron chi connectivity index (χ3n) is 2.43. The number of nitrogens with zero attached hydrogens (tertiary/aromatic N) is 3. The Morgan fingerprint density at radius 2 is 2.29 bits per heavy atom. The molecule has 0 aromatic carbocycles. The van der Waals surface area contributed by atoms with Crippen molar-refractivity contribution in [2.24, 2.45) is 5.73 Å². The fraction of sp³-hybridized carbons (Fsp3) is 0.556. The van der Waals surface area contributed by atoms with Gasteiger partial charge in [-0.25, -0.2) is 0 Å². The smallest absolute Gasteiger partial charge is 0.240 e. The highest BCUT2D eigenvalue weighted by atomic mass is 32.2. The minimum Gasteiger partial charge on any atom is -0.329 e. The van der Waals surface area contributed by atoms with E-state index >= 15 is 0 Å². The van der Waals surface area contributed by atoms with Crippen LogP contribution in [0.3, 0.4) is 0 Å². The molecule has 1 fully saturated rings. The van der Waals surface area contributed by atoms with Gasteiger partial charge in [0.25, 0.3) is 0 Å². The van der Waals surface area contributed by atoms with Gasteiger partial charge < -0.3 is 10.3 Å². The molecule has 92 valence electrons. The predicted molar refractivity (Wildman–Crippen MR) is 61.2 cm³/mol. The van der Waals surface area contributed by atoms with Gasteiger partial charge >= 0.3 is 0 Å². The van der Waals surface area contributed by atoms with Crippen LogP contribution in [-0.2, 0) is 16.1 Å². The van der Waals surface area contributed by atoms with Crippen molar-refractivity contribution in [1.82, 2.24) is 20.1 Å². The summed E-state index contributed by atoms with van der Waals surface area (Å²) in [7, 11) is 0. The van der Waals surface area contributed by atoms with Crippen LogP contribution in [0.2, 0.25) is 0 Å². The summed E-state index contributed by atoms with van der Waals surface area (Å²) < 4.78 is 1.85. The van der Waals surface area contributed by atoms with E-state index < -0.39 is 5.25 Å². The van der Waals surface area contributed by atoms with Crippen LogP contribution in [-0.4, -0.2) is 38.4 Å². The molecular formula is C9H13N5O2S. The number of nitrogens with two attached hydrogens (primary N) is 1. The maximum Gasteiger partial charge on any atom is 0.240 e. The number of hydrogen-bond donors (Lipinski definition) is 2. The van der Waals surface area contributed by atoms with E-state index in [4.69, 9.17) is 5.73 Å². The summed E-state index contributed by atoms with van der Waals surface area (Å²) >= 11 is 1.25. The van der Waals surface area contributed by atoms with Crippen LogP contribution in [0.1, 0.15) is 12.2 Å². The van der Waals surface area contributed by atoms with Gasteiger partial charge in [0.1, 0.15) is 11.1 Å². The minimum atomic E-state index is -0.414. The van der Waals surface area contributed by atoms with Gasteiger partial charge in [-0.15, -0.1) is 10.2 Å². The Hall–Kier alpha value is -1.41. The predicted octanol–water partition coefficient (Wildman–Crippen LogP) is -0.948. The lowest BCUT2D eigenvalue weighted by Crippen LogP contribution is -2.23. The molecule has 1 unspecified atom stereocenters. The molecule has 0 radical (unpaired) electrons. The van der Waals surface area contributed by atoms with Gasteiger partial charge in [-0.1, -0.05) is 11.8 Å². The fourth-order valence-electron chi connectivity index (χ4n) is 1.59. The number of nitrogens with one attached hydrogen (secondary N) is 1. The molecule has 2 amide bonds. The molecule has 1 aromatic rings. The molecule has 0 aliphatic carbocycles. The van der Waals surface area contributed by atoms with E-state index in [9.17, 15) is 9.59 Å². The lowest BCUT2D eigenvalue weighted by Gasteiger charge is -2.08. The molecule has 0 saturated carbocycles. The van der Waals surface area contributed by atoms with Crippen molar-refractivity contribution in [1.29, 1.82) is 0 Å². The Bertz CT molecular complexity index is 458. The standard InChI is InChI=1S/C9H13N5O2S/c1-5-12-13-9(14(5)3-2-10)17-6-4-7(15)11-8(6)16/h6H,2-4,10H2,1H3,(H,11,15,16). The Balaban J connectivity index is 2.13. The highest BCUT2D eigenvalue weighted by Gasteiger charge is 2.32. The zero-order valence-electron chi connectivity index (χ0n) is 9.34. The maximum atomic E-state index is 11.4. The van der Waals surface area contributed by atoms with Crippen LogP contribution >= 0.6 is 11.8 Å². The van der Waals surface area contributed by atoms with Crippen LogP contribution in [0.5, 0.6) is 0 Å². The van der Waals surface area contributed by atoms with Crippen molar-refractivity contribution in [3.63, 3.8) is 0 Å². The Kier molecular flexibility index (Phi) is 3.43. The van der Waals surface area contributed by atoms with Crippen molar-refractivity contribution in [3.8, 4) is 0 Å². The maximum absolute atomic E-state index is 11.4. The second-order valence-corrected chi connectivity index (χ2v) is 4.86. The topological polar surface area (TPSA) is 103 Å². The molecule has 1 aliphatic heterocycles. The Labute approximate surface area is 102 Å². The molecule has 1 atom stereocenters. The minimum absolute atomic E-state index is 0.192. The molecule has 1 aliphatic rings. The zero-order valence-corrected chi connectivity index (χ0v) is 10.2. The number of imide groups is 1. The first kappa shape index (κ1) is 12.1. The summed E-state index contributed by atoms with van der Waals surface area (Å²) in [5, 5.41) is 10.4. The van der Waals surface area contributed by atoms with Crippen LogP contribution in [0.4, 0.5) is 0 Å². The van der Waals surface area contributed by atoms with E-state index in [1.54, 1.807) is 0 Å². The Morgan fingerprint density at radius 3 is 2.88 bits per heavy atom. The zero-order chi connectivity index (χ0) is 12.4. The van der Waals surface area contributed by atoms with Crippen molar-refractivity contribution < 1.29 is 9.59 Å². The van der Waals surface area contributed by atoms with E-state index in [0.29, 0.717) is 18.2 Å². The highest BCUT2D eigenvalue weighted by molar-refractivity contribution is 8.00. The number of aryl methyl sites for hydroxylation is 1. The first-order chi connectivity index (χ1) is 8.11. The van der Waals surface area contributed by atoms with Crippen molar-refractivity contribution in [3.05, 3.63) is 5.82 Å². The average Bonchev–Trinajstić information content (AvgIpc) is 2.76. The highest BCUT2D eigenvalue weighted by Crippen LogP contribution is 2.26. The second kappa shape index (κ2) is 4.84. The number of aromatic nitrogens is 3. The van der Waals surface area contributed by atoms with Crippen molar-refractivity contribution >= 4 is 23.6 Å². The van der Waals surface area contributed by atoms with Crippen LogP contribution < -0.4 is 11.1 Å². The molecule has 2 heterocycles. The normalized spacial score (nSPS) is 19.8. The number of carbonyl (C=O) groups excluding carboxylic acids is 2. The molecule has 3 N–H and O–H groups in total. The van der Waals surface area contributed by atoms with Crippen LogP contribution in [0.15, 0.2) is 5.16 Å². The van der Waals surface area contributed by atoms with Crippen LogP contribution in [0.25, 0.3) is 0 Å². The van der Waals surface area contributed by atoms with Gasteiger partial charge in [0.05, 0.1) is 0 Å². The number of hydrogen-bond acceptors (Lipinski definition) is 6. The average molecular weight is 255 g/mol. The molecule has 2 rings (SSSR count). The molecule has 0 spiro atoms. The molecular weight excluding hydrogens is 242 g/mol. The summed E-state index contributed by atoms with van der Waals surface area (Å²) in [5.74, 6) is 0.247. The molecule has 1 saturated heterocycles. The van der Waals surface area contributed by atoms with Gasteiger partial charge in [-0.3, -0.25) is 14.9 Å². The van der Waals surface area contributed by atoms with E-state index in [1.807, 2.05) is 11.5 Å². The Morgan fingerprint density at radius 1 is 1.53 bits per heavy atom. The third kappa shape index (κ3) is 2.47. The van der Waals surface area contributed by atoms with Crippen molar-refractivity contribution in [2.75, 3.05) is 6.54 Å². The lowest BCUT2D eigenvalue weighted by atomic mass is 10.4. The first-order valence-corrected chi connectivity index (χ1v) is 6.10. The lowest BCUT2D eigenvalue weighted by molar-refractivity contribution is -0.124. The monoisotopic (exact) mass is 255 g/mol. The number of thioether (sulfide) groups is 1. The van der Waals surface area contributed by atoms with Gasteiger partial charge in [-0.2, -0.15) is 0 Å². The van der Waals surface area contributed by atoms with E-state index in [1.165, 1.54) is 11.8 Å². The third-order valence-corrected chi connectivity index (χ3v) is 3.61. The molecule has 17 heavy (non-hydrogen) atoms. The quantitative estimate of drug-likeness (QED) is 0.673. The van der Waals surface area contributed by atoms with E-state index in [-0.39, 0.29) is 18.2 Å². The summed E-state index contributed by atoms with van der Waals surface area (Å²) in [6.07, 6.45) is 0.192. The second-order valence-electron chi connectivity index (χ2n) is 3.69. The summed E-state index contributed by atoms with van der Waals surface area (Å²) in [5.41, 5.74) is 5.50. The summed E-state index contributed by atoms with van der Waals surface area (Å²) in [6.45, 7) is 2.90. The van der Waals surface area contributed by atoms with Crippen molar-refractivity contribution in [2.45, 2.75) is 30.3 Å². The SMILES string of the molecule is Cc1nnc(SC2CC(=O)NC2=O)n1CCN. The van der Waals surface area contributed by atoms with E-state index in [0.717, 1.165) is 5.82 Å². The molecule has 8 heteroatoms. The molecule has 1 aromatic heterocycles. The summed E-state index contributed by atoms with van der Waals surface area (Å²) in [6, 6.07) is 0. The van der Waals surface area contributed by atoms with Gasteiger partial charge in [-0.05, 0) is 6.92 Å². The largest absolute Gasteiger partial charge is 0.329 e.